The van der Waals surface area contributed by atoms with E-state index in [9.17, 15) is 18.4 Å². The minimum Gasteiger partial charge on any atom is -0.338 e. The van der Waals surface area contributed by atoms with Gasteiger partial charge in [-0.2, -0.15) is 0 Å². The second-order valence-corrected chi connectivity index (χ2v) is 9.20. The van der Waals surface area contributed by atoms with E-state index in [4.69, 9.17) is 0 Å². The van der Waals surface area contributed by atoms with Gasteiger partial charge in [0.2, 0.25) is 5.91 Å². The van der Waals surface area contributed by atoms with Crippen molar-refractivity contribution in [3.63, 3.8) is 0 Å². The monoisotopic (exact) mass is 427 g/mol. The molecule has 0 spiro atoms. The van der Waals surface area contributed by atoms with Crippen molar-refractivity contribution in [3.8, 4) is 0 Å². The first-order valence-corrected chi connectivity index (χ1v) is 11.1. The third kappa shape index (κ3) is 4.03. The largest absolute Gasteiger partial charge is 0.338 e. The highest BCUT2D eigenvalue weighted by Gasteiger charge is 2.37. The number of rotatable bonds is 3. The highest BCUT2D eigenvalue weighted by molar-refractivity contribution is 5.76. The summed E-state index contributed by atoms with van der Waals surface area (Å²) >= 11 is 0. The van der Waals surface area contributed by atoms with Gasteiger partial charge in [-0.05, 0) is 48.9 Å². The molecule has 2 aromatic rings. The average molecular weight is 427 g/mol. The predicted molar refractivity (Wildman–Crippen MR) is 113 cm³/mol. The summed E-state index contributed by atoms with van der Waals surface area (Å²) in [5, 5.41) is 0. The number of carbonyl (C=O) groups excluding carboxylic acids is 1. The summed E-state index contributed by atoms with van der Waals surface area (Å²) in [6.45, 7) is 3.58. The summed E-state index contributed by atoms with van der Waals surface area (Å²) in [5.74, 6) is -0.856. The normalized spacial score (nSPS) is 26.5. The number of aromatic nitrogens is 1. The second-order valence-electron chi connectivity index (χ2n) is 9.20. The Bertz CT molecular complexity index is 1050. The smallest absolute Gasteiger partial charge is 0.250 e. The van der Waals surface area contributed by atoms with Crippen molar-refractivity contribution in [1.82, 2.24) is 14.4 Å². The topological polar surface area (TPSA) is 45.6 Å². The van der Waals surface area contributed by atoms with Crippen LogP contribution in [0.25, 0.3) is 0 Å². The zero-order valence-electron chi connectivity index (χ0n) is 17.5. The molecule has 164 valence electrons. The molecule has 2 fully saturated rings. The van der Waals surface area contributed by atoms with Crippen LogP contribution in [0.1, 0.15) is 42.9 Å². The number of fused-ring (bicyclic) bond motifs is 4. The van der Waals surface area contributed by atoms with Gasteiger partial charge in [0, 0.05) is 62.9 Å². The van der Waals surface area contributed by atoms with E-state index < -0.39 is 11.6 Å². The Morgan fingerprint density at radius 2 is 1.84 bits per heavy atom. The minimum atomic E-state index is -0.878. The summed E-state index contributed by atoms with van der Waals surface area (Å²) < 4.78 is 28.7. The van der Waals surface area contributed by atoms with Crippen LogP contribution in [0.15, 0.2) is 41.2 Å². The van der Waals surface area contributed by atoms with Gasteiger partial charge in [0.15, 0.2) is 11.6 Å². The van der Waals surface area contributed by atoms with Gasteiger partial charge in [-0.25, -0.2) is 8.78 Å². The van der Waals surface area contributed by atoms with Crippen molar-refractivity contribution in [1.29, 1.82) is 0 Å². The number of pyridine rings is 1. The van der Waals surface area contributed by atoms with E-state index >= 15 is 0 Å². The lowest BCUT2D eigenvalue weighted by atomic mass is 9.82. The molecule has 3 atom stereocenters. The molecular weight excluding hydrogens is 400 g/mol. The van der Waals surface area contributed by atoms with E-state index in [-0.39, 0.29) is 11.5 Å². The van der Waals surface area contributed by atoms with Crippen molar-refractivity contribution in [2.45, 2.75) is 50.7 Å². The molecule has 1 amide bonds. The number of carbonyl (C=O) groups is 1. The molecule has 3 unspecified atom stereocenters. The minimum absolute atomic E-state index is 0.0707. The van der Waals surface area contributed by atoms with Gasteiger partial charge in [0.25, 0.3) is 5.56 Å². The number of benzene rings is 1. The number of hydrogen-bond donors (Lipinski definition) is 0. The first kappa shape index (κ1) is 20.4. The molecule has 2 saturated heterocycles. The average Bonchev–Trinajstić information content (AvgIpc) is 2.93. The molecule has 0 radical (unpaired) electrons. The summed E-state index contributed by atoms with van der Waals surface area (Å²) in [6, 6.07) is 9.73. The zero-order chi connectivity index (χ0) is 21.5. The van der Waals surface area contributed by atoms with Crippen LogP contribution in [0.5, 0.6) is 0 Å². The van der Waals surface area contributed by atoms with Crippen LogP contribution < -0.4 is 5.56 Å². The molecular formula is C24H27F2N3O2. The zero-order valence-corrected chi connectivity index (χ0v) is 17.5. The van der Waals surface area contributed by atoms with Crippen LogP contribution in [-0.4, -0.2) is 46.0 Å². The Hall–Kier alpha value is -2.54. The molecule has 0 N–H and O–H groups in total. The molecule has 5 nitrogen and oxygen atoms in total. The van der Waals surface area contributed by atoms with Crippen molar-refractivity contribution in [2.75, 3.05) is 19.6 Å². The van der Waals surface area contributed by atoms with E-state index in [0.29, 0.717) is 43.0 Å². The maximum Gasteiger partial charge on any atom is 0.250 e. The number of halogens is 2. The number of hydrogen-bond acceptors (Lipinski definition) is 3. The number of likely N-dealkylation sites (tertiary alicyclic amines) is 2. The van der Waals surface area contributed by atoms with Crippen molar-refractivity contribution < 1.29 is 13.6 Å². The van der Waals surface area contributed by atoms with Crippen LogP contribution in [0.3, 0.4) is 0 Å². The van der Waals surface area contributed by atoms with Crippen LogP contribution in [0, 0.1) is 17.6 Å². The molecule has 7 heteroatoms. The molecule has 1 aromatic carbocycles. The predicted octanol–water partition coefficient (Wildman–Crippen LogP) is 3.13. The van der Waals surface area contributed by atoms with Crippen LogP contribution >= 0.6 is 0 Å². The van der Waals surface area contributed by atoms with Crippen molar-refractivity contribution in [3.05, 3.63) is 69.6 Å². The van der Waals surface area contributed by atoms with E-state index in [2.05, 4.69) is 11.0 Å². The summed E-state index contributed by atoms with van der Waals surface area (Å²) in [5.41, 5.74) is 1.84. The van der Waals surface area contributed by atoms with Gasteiger partial charge in [-0.1, -0.05) is 12.1 Å². The Labute approximate surface area is 180 Å². The maximum atomic E-state index is 13.6. The van der Waals surface area contributed by atoms with Crippen molar-refractivity contribution >= 4 is 5.91 Å². The molecule has 3 aliphatic rings. The fourth-order valence-electron chi connectivity index (χ4n) is 5.64. The molecule has 0 saturated carbocycles. The molecule has 31 heavy (non-hydrogen) atoms. The van der Waals surface area contributed by atoms with Crippen LogP contribution in [0.2, 0.25) is 0 Å². The number of nitrogens with zero attached hydrogens (tertiary/aromatic N) is 3. The standard InChI is InChI=1S/C24H27F2N3O2/c25-20-6-4-16(11-21(20)26)12-27-9-8-19(5-7-23(27)30)28-13-17-10-18(15-28)22-2-1-3-24(31)29(22)14-17/h1-4,6,11,17-19H,5,7-10,12-15H2. The molecule has 1 aromatic heterocycles. The van der Waals surface area contributed by atoms with E-state index in [0.717, 1.165) is 50.7 Å². The van der Waals surface area contributed by atoms with E-state index in [1.54, 1.807) is 17.0 Å². The Kier molecular flexibility index (Phi) is 5.38. The fraction of sp³-hybridized carbons (Fsp3) is 0.500. The fourth-order valence-corrected chi connectivity index (χ4v) is 5.64. The lowest BCUT2D eigenvalue weighted by Gasteiger charge is -2.45. The maximum absolute atomic E-state index is 13.6. The number of amides is 1. The van der Waals surface area contributed by atoms with Gasteiger partial charge >= 0.3 is 0 Å². The highest BCUT2D eigenvalue weighted by Crippen LogP contribution is 2.37. The Morgan fingerprint density at radius 1 is 0.968 bits per heavy atom. The first-order chi connectivity index (χ1) is 15.0. The summed E-state index contributed by atoms with van der Waals surface area (Å²) in [7, 11) is 0. The third-order valence-corrected chi connectivity index (χ3v) is 7.16. The van der Waals surface area contributed by atoms with Gasteiger partial charge < -0.3 is 9.47 Å². The van der Waals surface area contributed by atoms with Gasteiger partial charge in [0.05, 0.1) is 0 Å². The molecule has 0 aliphatic carbocycles. The second kappa shape index (κ2) is 8.19. The molecule has 4 heterocycles. The van der Waals surface area contributed by atoms with Crippen LogP contribution in [-0.2, 0) is 17.9 Å². The molecule has 3 aliphatic heterocycles. The summed E-state index contributed by atoms with van der Waals surface area (Å²) in [6.07, 6.45) is 3.27. The van der Waals surface area contributed by atoms with Crippen molar-refractivity contribution in [2.24, 2.45) is 5.92 Å². The molecule has 2 bridgehead atoms. The van der Waals surface area contributed by atoms with Gasteiger partial charge in [0.1, 0.15) is 0 Å². The lowest BCUT2D eigenvalue weighted by molar-refractivity contribution is -0.131. The lowest BCUT2D eigenvalue weighted by Crippen LogP contribution is -2.50. The van der Waals surface area contributed by atoms with E-state index in [1.165, 1.54) is 6.07 Å². The SMILES string of the molecule is O=C1CCC(N2CC3CC(C2)c2cccc(=O)n2C3)CCN1Cc1ccc(F)c(F)c1. The van der Waals surface area contributed by atoms with Gasteiger partial charge in [-0.15, -0.1) is 0 Å². The Morgan fingerprint density at radius 3 is 2.68 bits per heavy atom. The molecule has 5 rings (SSSR count). The number of piperidine rings is 1. The van der Waals surface area contributed by atoms with Gasteiger partial charge in [-0.3, -0.25) is 14.5 Å². The third-order valence-electron chi connectivity index (χ3n) is 7.16. The first-order valence-electron chi connectivity index (χ1n) is 11.1. The van der Waals surface area contributed by atoms with Crippen LogP contribution in [0.4, 0.5) is 8.78 Å². The summed E-state index contributed by atoms with van der Waals surface area (Å²) in [4.78, 5) is 29.2. The Balaban J connectivity index is 1.27. The highest BCUT2D eigenvalue weighted by atomic mass is 19.2. The van der Waals surface area contributed by atoms with E-state index in [1.807, 2.05) is 10.6 Å². The quantitative estimate of drug-likeness (QED) is 0.756.